The van der Waals surface area contributed by atoms with E-state index >= 15 is 0 Å². The maximum absolute atomic E-state index is 13.5. The molecule has 0 N–H and O–H groups in total. The normalized spacial score (nSPS) is 10.9. The Morgan fingerprint density at radius 3 is 2.62 bits per heavy atom. The molecule has 3 nitrogen and oxygen atoms in total. The van der Waals surface area contributed by atoms with Crippen LogP contribution in [0.3, 0.4) is 0 Å². The molecular weight excluding hydrogens is 274 g/mol. The van der Waals surface area contributed by atoms with Crippen LogP contribution in [0, 0.1) is 11.6 Å². The fraction of sp³-hybridized carbons (Fsp3) is 0.250. The van der Waals surface area contributed by atoms with Crippen molar-refractivity contribution in [1.82, 2.24) is 9.88 Å². The van der Waals surface area contributed by atoms with Gasteiger partial charge >= 0.3 is 0 Å². The van der Waals surface area contributed by atoms with Crippen LogP contribution in [0.4, 0.5) is 8.78 Å². The van der Waals surface area contributed by atoms with E-state index in [0.717, 1.165) is 6.20 Å². The Labute approximate surface area is 122 Å². The lowest BCUT2D eigenvalue weighted by Gasteiger charge is -2.16. The van der Waals surface area contributed by atoms with Crippen molar-refractivity contribution >= 4 is 5.78 Å². The van der Waals surface area contributed by atoms with Gasteiger partial charge in [0, 0.05) is 25.1 Å². The highest BCUT2D eigenvalue weighted by Gasteiger charge is 2.10. The molecule has 0 aliphatic heterocycles. The number of Topliss-reactive ketones (excluding diaryl/α,β-unsaturated/α-hetero) is 1. The summed E-state index contributed by atoms with van der Waals surface area (Å²) in [5.41, 5.74) is 0.836. The molecule has 2 aromatic rings. The summed E-state index contributed by atoms with van der Waals surface area (Å²) in [7, 11) is 1.82. The van der Waals surface area contributed by atoms with Crippen molar-refractivity contribution in [1.29, 1.82) is 0 Å². The third kappa shape index (κ3) is 4.43. The average molecular weight is 290 g/mol. The summed E-state index contributed by atoms with van der Waals surface area (Å²) in [5, 5.41) is 0. The van der Waals surface area contributed by atoms with E-state index in [-0.39, 0.29) is 23.7 Å². The first kappa shape index (κ1) is 15.3. The Balaban J connectivity index is 1.86. The van der Waals surface area contributed by atoms with E-state index in [2.05, 4.69) is 4.98 Å². The minimum atomic E-state index is -0.469. The zero-order valence-electron chi connectivity index (χ0n) is 11.7. The molecule has 0 saturated carbocycles. The number of ketones is 1. The molecular formula is C16H16F2N2O. The quantitative estimate of drug-likeness (QED) is 0.767. The Morgan fingerprint density at radius 1 is 1.19 bits per heavy atom. The average Bonchev–Trinajstić information content (AvgIpc) is 2.48. The van der Waals surface area contributed by atoms with Crippen LogP contribution >= 0.6 is 0 Å². The number of rotatable bonds is 6. The zero-order chi connectivity index (χ0) is 15.2. The van der Waals surface area contributed by atoms with E-state index in [1.807, 2.05) is 11.9 Å². The van der Waals surface area contributed by atoms with Gasteiger partial charge in [0.25, 0.3) is 0 Å². The van der Waals surface area contributed by atoms with E-state index in [1.54, 1.807) is 18.2 Å². The zero-order valence-corrected chi connectivity index (χ0v) is 11.7. The van der Waals surface area contributed by atoms with Crippen LogP contribution < -0.4 is 0 Å². The smallest absolute Gasteiger partial charge is 0.182 e. The van der Waals surface area contributed by atoms with Gasteiger partial charge in [-0.25, -0.2) is 8.78 Å². The van der Waals surface area contributed by atoms with Gasteiger partial charge in [-0.1, -0.05) is 18.2 Å². The minimum absolute atomic E-state index is 0.157. The molecule has 0 amide bonds. The molecule has 0 saturated heterocycles. The lowest BCUT2D eigenvalue weighted by Crippen LogP contribution is -2.22. The molecule has 110 valence electrons. The van der Waals surface area contributed by atoms with E-state index in [1.165, 1.54) is 18.2 Å². The highest BCUT2D eigenvalue weighted by molar-refractivity contribution is 5.94. The van der Waals surface area contributed by atoms with Crippen molar-refractivity contribution in [2.24, 2.45) is 0 Å². The first-order valence-electron chi connectivity index (χ1n) is 6.63. The van der Waals surface area contributed by atoms with Crippen molar-refractivity contribution in [3.8, 4) is 0 Å². The van der Waals surface area contributed by atoms with Crippen LogP contribution in [0.25, 0.3) is 0 Å². The summed E-state index contributed by atoms with van der Waals surface area (Å²) in [6, 6.07) is 9.13. The van der Waals surface area contributed by atoms with Crippen molar-refractivity contribution in [3.05, 3.63) is 65.5 Å². The van der Waals surface area contributed by atoms with E-state index in [0.29, 0.717) is 18.7 Å². The van der Waals surface area contributed by atoms with Crippen molar-refractivity contribution < 1.29 is 13.6 Å². The van der Waals surface area contributed by atoms with Gasteiger partial charge in [0.15, 0.2) is 5.78 Å². The second-order valence-corrected chi connectivity index (χ2v) is 4.86. The molecule has 1 heterocycles. The van der Waals surface area contributed by atoms with Crippen LogP contribution in [0.1, 0.15) is 22.5 Å². The number of halogens is 2. The predicted octanol–water partition coefficient (Wildman–Crippen LogP) is 3.06. The first-order chi connectivity index (χ1) is 10.1. The topological polar surface area (TPSA) is 33.2 Å². The van der Waals surface area contributed by atoms with Crippen LogP contribution in [-0.2, 0) is 6.54 Å². The molecule has 0 spiro atoms. The minimum Gasteiger partial charge on any atom is -0.302 e. The summed E-state index contributed by atoms with van der Waals surface area (Å²) < 4.78 is 26.2. The fourth-order valence-electron chi connectivity index (χ4n) is 1.96. The number of hydrogen-bond acceptors (Lipinski definition) is 3. The van der Waals surface area contributed by atoms with Crippen LogP contribution in [-0.4, -0.2) is 29.3 Å². The lowest BCUT2D eigenvalue weighted by molar-refractivity contribution is 0.0963. The Hall–Kier alpha value is -2.14. The highest BCUT2D eigenvalue weighted by atomic mass is 19.1. The summed E-state index contributed by atoms with van der Waals surface area (Å²) >= 11 is 0. The molecule has 0 aliphatic rings. The highest BCUT2D eigenvalue weighted by Crippen LogP contribution is 2.09. The van der Waals surface area contributed by atoms with Gasteiger partial charge in [-0.05, 0) is 25.2 Å². The van der Waals surface area contributed by atoms with Crippen molar-refractivity contribution in [2.45, 2.75) is 13.0 Å². The maximum Gasteiger partial charge on any atom is 0.182 e. The summed E-state index contributed by atoms with van der Waals surface area (Å²) in [4.78, 5) is 17.5. The molecule has 2 rings (SSSR count). The number of aromatic nitrogens is 1. The van der Waals surface area contributed by atoms with E-state index in [4.69, 9.17) is 0 Å². The molecule has 0 radical (unpaired) electrons. The molecule has 0 aliphatic carbocycles. The van der Waals surface area contributed by atoms with Crippen LogP contribution in [0.15, 0.2) is 42.6 Å². The van der Waals surface area contributed by atoms with Crippen LogP contribution in [0.5, 0.6) is 0 Å². The monoisotopic (exact) mass is 290 g/mol. The number of benzene rings is 1. The van der Waals surface area contributed by atoms with Gasteiger partial charge in [-0.3, -0.25) is 9.78 Å². The largest absolute Gasteiger partial charge is 0.302 e. The third-order valence-electron chi connectivity index (χ3n) is 3.13. The van der Waals surface area contributed by atoms with Crippen LogP contribution in [0.2, 0.25) is 0 Å². The number of carbonyl (C=O) groups excluding carboxylic acids is 1. The van der Waals surface area contributed by atoms with E-state index in [9.17, 15) is 13.6 Å². The Bertz CT molecular complexity index is 614. The molecule has 0 bridgehead atoms. The maximum atomic E-state index is 13.5. The molecule has 21 heavy (non-hydrogen) atoms. The summed E-state index contributed by atoms with van der Waals surface area (Å²) in [5.74, 6) is -0.880. The molecule has 1 aromatic heterocycles. The molecule has 0 fully saturated rings. The molecule has 5 heteroatoms. The number of pyridine rings is 1. The third-order valence-corrected chi connectivity index (χ3v) is 3.13. The first-order valence-corrected chi connectivity index (χ1v) is 6.63. The molecule has 0 atom stereocenters. The standard InChI is InChI=1S/C16H16F2N2O/c1-20(11-12-4-2-3-5-14(12)18)9-8-16(21)15-7-6-13(17)10-19-15/h2-7,10H,8-9,11H2,1H3. The number of hydrogen-bond donors (Lipinski definition) is 0. The van der Waals surface area contributed by atoms with E-state index < -0.39 is 5.82 Å². The van der Waals surface area contributed by atoms with Gasteiger partial charge in [-0.15, -0.1) is 0 Å². The fourth-order valence-corrected chi connectivity index (χ4v) is 1.96. The Morgan fingerprint density at radius 2 is 1.95 bits per heavy atom. The summed E-state index contributed by atoms with van der Waals surface area (Å²) in [6.07, 6.45) is 1.28. The van der Waals surface area contributed by atoms with Crippen molar-refractivity contribution in [2.75, 3.05) is 13.6 Å². The molecule has 0 unspecified atom stereocenters. The van der Waals surface area contributed by atoms with Gasteiger partial charge in [0.1, 0.15) is 17.3 Å². The van der Waals surface area contributed by atoms with Gasteiger partial charge in [0.2, 0.25) is 0 Å². The summed E-state index contributed by atoms with van der Waals surface area (Å²) in [6.45, 7) is 0.906. The lowest BCUT2D eigenvalue weighted by atomic mass is 10.1. The van der Waals surface area contributed by atoms with Gasteiger partial charge in [0.05, 0.1) is 6.20 Å². The van der Waals surface area contributed by atoms with Crippen molar-refractivity contribution in [3.63, 3.8) is 0 Å². The predicted molar refractivity (Wildman–Crippen MR) is 75.9 cm³/mol. The van der Waals surface area contributed by atoms with Gasteiger partial charge < -0.3 is 4.90 Å². The SMILES string of the molecule is CN(CCC(=O)c1ccc(F)cn1)Cc1ccccc1F. The second-order valence-electron chi connectivity index (χ2n) is 4.86. The number of nitrogens with zero attached hydrogens (tertiary/aromatic N) is 2. The molecule has 1 aromatic carbocycles. The Kier molecular flexibility index (Phi) is 5.11. The van der Waals surface area contributed by atoms with Gasteiger partial charge in [-0.2, -0.15) is 0 Å². The number of carbonyl (C=O) groups is 1. The second kappa shape index (κ2) is 7.04.